The first-order valence-electron chi connectivity index (χ1n) is 5.97. The highest BCUT2D eigenvalue weighted by Gasteiger charge is 2.35. The summed E-state index contributed by atoms with van der Waals surface area (Å²) in [6.07, 6.45) is -4.50. The Hall–Kier alpha value is -0.590. The fourth-order valence-electron chi connectivity index (χ4n) is 1.55. The maximum Gasteiger partial charge on any atom is 0.416 e. The van der Waals surface area contributed by atoms with E-state index in [1.165, 1.54) is 12.1 Å². The number of rotatable bonds is 3. The Morgan fingerprint density at radius 3 is 2.25 bits per heavy atom. The van der Waals surface area contributed by atoms with E-state index >= 15 is 0 Å². The lowest BCUT2D eigenvalue weighted by Gasteiger charge is -2.24. The van der Waals surface area contributed by atoms with Crippen molar-refractivity contribution in [1.82, 2.24) is 4.72 Å². The van der Waals surface area contributed by atoms with E-state index in [1.54, 1.807) is 27.7 Å². The minimum Gasteiger partial charge on any atom is -0.242 e. The number of hydrogen-bond acceptors (Lipinski definition) is 1. The third kappa shape index (κ3) is 4.46. The molecule has 1 aromatic carbocycles. The zero-order chi connectivity index (χ0) is 15.7. The van der Waals surface area contributed by atoms with E-state index in [9.17, 15) is 17.4 Å². The molecule has 0 saturated heterocycles. The lowest BCUT2D eigenvalue weighted by molar-refractivity contribution is -0.138. The van der Waals surface area contributed by atoms with Crippen LogP contribution < -0.4 is 4.72 Å². The van der Waals surface area contributed by atoms with Gasteiger partial charge in [0.25, 0.3) is 0 Å². The minimum atomic E-state index is -4.50. The molecule has 0 aliphatic rings. The van der Waals surface area contributed by atoms with Crippen molar-refractivity contribution in [3.05, 3.63) is 34.3 Å². The Balaban J connectivity index is 3.11. The van der Waals surface area contributed by atoms with E-state index in [1.807, 2.05) is 0 Å². The van der Waals surface area contributed by atoms with Crippen LogP contribution in [0.1, 0.15) is 44.9 Å². The van der Waals surface area contributed by atoms with Gasteiger partial charge in [-0.15, -0.1) is 0 Å². The minimum absolute atomic E-state index is 0.0187. The molecule has 0 radical (unpaired) electrons. The van der Waals surface area contributed by atoms with E-state index in [4.69, 9.17) is 11.6 Å². The topological polar surface area (TPSA) is 29.1 Å². The van der Waals surface area contributed by atoms with Crippen molar-refractivity contribution in [2.75, 3.05) is 0 Å². The summed E-state index contributed by atoms with van der Waals surface area (Å²) < 4.78 is 53.1. The Kier molecular flexibility index (Phi) is 5.27. The molecule has 0 aliphatic carbocycles. The molecule has 0 aromatic heterocycles. The van der Waals surface area contributed by atoms with E-state index in [-0.39, 0.29) is 10.6 Å². The summed E-state index contributed by atoms with van der Waals surface area (Å²) in [6.45, 7) is 6.78. The molecule has 0 spiro atoms. The molecule has 1 unspecified atom stereocenters. The van der Waals surface area contributed by atoms with Crippen LogP contribution in [-0.4, -0.2) is 8.96 Å². The van der Waals surface area contributed by atoms with Crippen LogP contribution in [0.3, 0.4) is 0 Å². The maximum atomic E-state index is 13.0. The van der Waals surface area contributed by atoms with Crippen molar-refractivity contribution in [3.63, 3.8) is 0 Å². The molecule has 0 heterocycles. The maximum absolute atomic E-state index is 13.0. The van der Waals surface area contributed by atoms with Gasteiger partial charge in [-0.3, -0.25) is 0 Å². The molecule has 2 nitrogen and oxygen atoms in total. The quantitative estimate of drug-likeness (QED) is 0.871. The second kappa shape index (κ2) is 6.03. The Labute approximate surface area is 124 Å². The van der Waals surface area contributed by atoms with Crippen LogP contribution in [0.5, 0.6) is 0 Å². The third-order valence-electron chi connectivity index (χ3n) is 2.63. The van der Waals surface area contributed by atoms with Crippen LogP contribution in [-0.2, 0) is 17.2 Å². The predicted octanol–water partition coefficient (Wildman–Crippen LogP) is 4.47. The molecule has 1 aromatic rings. The van der Waals surface area contributed by atoms with E-state index < -0.39 is 33.5 Å². The summed E-state index contributed by atoms with van der Waals surface area (Å²) in [6, 6.07) is 2.88. The SMILES string of the molecule is C[C@@H](NS(=O)C(C)(C)C)c1ccc(Cl)cc1C(F)(F)F. The van der Waals surface area contributed by atoms with E-state index in [0.29, 0.717) is 0 Å². The molecule has 1 rings (SSSR count). The van der Waals surface area contributed by atoms with Crippen molar-refractivity contribution >= 4 is 22.6 Å². The summed E-state index contributed by atoms with van der Waals surface area (Å²) in [4.78, 5) is 0. The molecular formula is C13H17ClF3NOS. The average molecular weight is 328 g/mol. The van der Waals surface area contributed by atoms with Crippen molar-refractivity contribution < 1.29 is 17.4 Å². The fraction of sp³-hybridized carbons (Fsp3) is 0.538. The largest absolute Gasteiger partial charge is 0.416 e. The van der Waals surface area contributed by atoms with Crippen LogP contribution in [0, 0.1) is 0 Å². The molecule has 114 valence electrons. The summed E-state index contributed by atoms with van der Waals surface area (Å²) >= 11 is 5.63. The Bertz CT molecular complexity index is 511. The molecule has 7 heteroatoms. The first kappa shape index (κ1) is 17.5. The van der Waals surface area contributed by atoms with Gasteiger partial charge in [0.05, 0.1) is 21.3 Å². The van der Waals surface area contributed by atoms with Gasteiger partial charge >= 0.3 is 6.18 Å². The lowest BCUT2D eigenvalue weighted by atomic mass is 10.0. The van der Waals surface area contributed by atoms with Crippen LogP contribution in [0.15, 0.2) is 18.2 Å². The zero-order valence-corrected chi connectivity index (χ0v) is 13.2. The average Bonchev–Trinajstić information content (AvgIpc) is 2.26. The number of halogens is 4. The molecule has 1 N–H and O–H groups in total. The zero-order valence-electron chi connectivity index (χ0n) is 11.6. The van der Waals surface area contributed by atoms with Gasteiger partial charge in [-0.05, 0) is 45.4 Å². The molecule has 0 fully saturated rings. The van der Waals surface area contributed by atoms with Gasteiger partial charge in [0.1, 0.15) is 0 Å². The van der Waals surface area contributed by atoms with Gasteiger partial charge < -0.3 is 0 Å². The summed E-state index contributed by atoms with van der Waals surface area (Å²) in [5, 5.41) is 0.0187. The summed E-state index contributed by atoms with van der Waals surface area (Å²) in [5.41, 5.74) is -0.782. The van der Waals surface area contributed by atoms with Crippen molar-refractivity contribution in [2.45, 2.75) is 44.7 Å². The van der Waals surface area contributed by atoms with Gasteiger partial charge in [0, 0.05) is 11.1 Å². The Morgan fingerprint density at radius 2 is 1.80 bits per heavy atom. The molecule has 0 aliphatic heterocycles. The van der Waals surface area contributed by atoms with E-state index in [2.05, 4.69) is 4.72 Å². The number of alkyl halides is 3. The van der Waals surface area contributed by atoms with Gasteiger partial charge in [-0.25, -0.2) is 8.93 Å². The summed E-state index contributed by atoms with van der Waals surface area (Å²) in [7, 11) is -1.46. The van der Waals surface area contributed by atoms with Gasteiger partial charge in [-0.2, -0.15) is 13.2 Å². The highest BCUT2D eigenvalue weighted by molar-refractivity contribution is 7.84. The van der Waals surface area contributed by atoms with E-state index in [0.717, 1.165) is 6.07 Å². The number of hydrogen-bond donors (Lipinski definition) is 1. The monoisotopic (exact) mass is 327 g/mol. The van der Waals surface area contributed by atoms with Crippen LogP contribution in [0.4, 0.5) is 13.2 Å². The molecule has 0 amide bonds. The highest BCUT2D eigenvalue weighted by Crippen LogP contribution is 2.36. The summed E-state index contributed by atoms with van der Waals surface area (Å²) in [5.74, 6) is 0. The number of benzene rings is 1. The fourth-order valence-corrected chi connectivity index (χ4v) is 2.53. The smallest absolute Gasteiger partial charge is 0.242 e. The standard InChI is InChI=1S/C13H17ClF3NOS/c1-8(18-20(19)12(2,3)4)10-6-5-9(14)7-11(10)13(15,16)17/h5-8,18H,1-4H3/t8-,20?/m1/s1. The second-order valence-electron chi connectivity index (χ2n) is 5.45. The predicted molar refractivity (Wildman–Crippen MR) is 75.9 cm³/mol. The molecule has 20 heavy (non-hydrogen) atoms. The molecule has 2 atom stereocenters. The van der Waals surface area contributed by atoms with Gasteiger partial charge in [0.15, 0.2) is 0 Å². The van der Waals surface area contributed by atoms with Crippen molar-refractivity contribution in [3.8, 4) is 0 Å². The van der Waals surface area contributed by atoms with Crippen LogP contribution in [0.25, 0.3) is 0 Å². The van der Waals surface area contributed by atoms with Crippen molar-refractivity contribution in [2.24, 2.45) is 0 Å². The highest BCUT2D eigenvalue weighted by atomic mass is 35.5. The molecule has 0 bridgehead atoms. The first-order chi connectivity index (χ1) is 8.93. The van der Waals surface area contributed by atoms with Crippen LogP contribution in [0.2, 0.25) is 5.02 Å². The number of nitrogens with one attached hydrogen (secondary N) is 1. The van der Waals surface area contributed by atoms with Gasteiger partial charge in [0.2, 0.25) is 0 Å². The Morgan fingerprint density at radius 1 is 1.25 bits per heavy atom. The second-order valence-corrected chi connectivity index (χ2v) is 7.88. The normalized spacial score (nSPS) is 16.0. The van der Waals surface area contributed by atoms with Crippen LogP contribution >= 0.6 is 11.6 Å². The first-order valence-corrected chi connectivity index (χ1v) is 7.50. The molecular weight excluding hydrogens is 311 g/mol. The van der Waals surface area contributed by atoms with Gasteiger partial charge in [-0.1, -0.05) is 17.7 Å². The molecule has 0 saturated carbocycles. The van der Waals surface area contributed by atoms with Crippen molar-refractivity contribution in [1.29, 1.82) is 0 Å². The lowest BCUT2D eigenvalue weighted by Crippen LogP contribution is -2.35. The third-order valence-corrected chi connectivity index (χ3v) is 4.54.